The summed E-state index contributed by atoms with van der Waals surface area (Å²) in [6, 6.07) is 8.26. The van der Waals surface area contributed by atoms with Crippen molar-refractivity contribution in [3.8, 4) is 0 Å². The molecule has 4 nitrogen and oxygen atoms in total. The molecule has 28 heavy (non-hydrogen) atoms. The molecule has 2 atom stereocenters. The fraction of sp³-hybridized carbons (Fsp3) is 0.263. The van der Waals surface area contributed by atoms with Crippen LogP contribution in [0.4, 0.5) is 18.9 Å². The fourth-order valence-corrected chi connectivity index (χ4v) is 3.79. The second-order valence-corrected chi connectivity index (χ2v) is 7.32. The van der Waals surface area contributed by atoms with Gasteiger partial charge in [0.15, 0.2) is 0 Å². The van der Waals surface area contributed by atoms with E-state index in [1.54, 1.807) is 12.1 Å². The number of benzene rings is 1. The first-order chi connectivity index (χ1) is 13.2. The molecule has 0 radical (unpaired) electrons. The second-order valence-electron chi connectivity index (χ2n) is 6.51. The van der Waals surface area contributed by atoms with Crippen molar-refractivity contribution in [2.45, 2.75) is 31.2 Å². The summed E-state index contributed by atoms with van der Waals surface area (Å²) in [5.41, 5.74) is 0.214. The lowest BCUT2D eigenvalue weighted by molar-refractivity contribution is -0.141. The van der Waals surface area contributed by atoms with Crippen LogP contribution in [0.25, 0.3) is 5.57 Å². The molecule has 2 aliphatic rings. The molecule has 1 aromatic heterocycles. The molecule has 0 saturated carbocycles. The van der Waals surface area contributed by atoms with Gasteiger partial charge in [-0.15, -0.1) is 0 Å². The number of halogens is 5. The zero-order valence-electron chi connectivity index (χ0n) is 14.2. The van der Waals surface area contributed by atoms with Crippen LogP contribution in [0.2, 0.25) is 10.0 Å². The molecule has 9 heteroatoms. The van der Waals surface area contributed by atoms with Crippen LogP contribution in [-0.4, -0.2) is 23.1 Å². The summed E-state index contributed by atoms with van der Waals surface area (Å²) in [5, 5.41) is 3.33. The highest BCUT2D eigenvalue weighted by molar-refractivity contribution is 6.42. The van der Waals surface area contributed by atoms with E-state index >= 15 is 0 Å². The molecule has 2 bridgehead atoms. The summed E-state index contributed by atoms with van der Waals surface area (Å²) >= 11 is 11.8. The molecule has 1 aromatic carbocycles. The van der Waals surface area contributed by atoms with Crippen molar-refractivity contribution in [2.75, 3.05) is 5.32 Å². The number of fused-ring (bicyclic) bond motifs is 2. The maximum Gasteiger partial charge on any atom is 0.433 e. The summed E-state index contributed by atoms with van der Waals surface area (Å²) in [4.78, 5) is 16.6. The van der Waals surface area contributed by atoms with Crippen LogP contribution in [0.15, 0.2) is 42.0 Å². The number of amides is 1. The van der Waals surface area contributed by atoms with E-state index in [0.717, 1.165) is 6.07 Å². The number of hydrogen-bond donors (Lipinski definition) is 1. The Labute approximate surface area is 168 Å². The summed E-state index contributed by atoms with van der Waals surface area (Å²) in [6.45, 7) is 0. The third-order valence-electron chi connectivity index (χ3n) is 4.69. The predicted molar refractivity (Wildman–Crippen MR) is 99.1 cm³/mol. The van der Waals surface area contributed by atoms with E-state index in [1.807, 2.05) is 0 Å². The van der Waals surface area contributed by atoms with Gasteiger partial charge in [0.1, 0.15) is 5.69 Å². The predicted octanol–water partition coefficient (Wildman–Crippen LogP) is 5.36. The zero-order chi connectivity index (χ0) is 20.1. The number of carbonyl (C=O) groups excluding carboxylic acids is 1. The average Bonchev–Trinajstić information content (AvgIpc) is 3.25. The Balaban J connectivity index is 1.71. The molecule has 1 N–H and O–H groups in total. The largest absolute Gasteiger partial charge is 0.433 e. The molecule has 0 spiro atoms. The first-order valence-corrected chi connectivity index (χ1v) is 9.20. The molecule has 2 unspecified atom stereocenters. The Morgan fingerprint density at radius 3 is 2.57 bits per heavy atom. The number of carbonyl (C=O) groups is 1. The number of aromatic nitrogens is 1. The Bertz CT molecular complexity index is 991. The maximum absolute atomic E-state index is 13.0. The number of anilines is 1. The van der Waals surface area contributed by atoms with Crippen LogP contribution in [0.5, 0.6) is 0 Å². The lowest BCUT2D eigenvalue weighted by Gasteiger charge is -2.17. The molecular weight excluding hydrogens is 416 g/mol. The van der Waals surface area contributed by atoms with Crippen molar-refractivity contribution < 1.29 is 22.7 Å². The van der Waals surface area contributed by atoms with Gasteiger partial charge in [-0.1, -0.05) is 29.3 Å². The highest BCUT2D eigenvalue weighted by atomic mass is 35.5. The van der Waals surface area contributed by atoms with E-state index in [4.69, 9.17) is 27.9 Å². The maximum atomic E-state index is 13.0. The lowest BCUT2D eigenvalue weighted by Crippen LogP contribution is -2.23. The van der Waals surface area contributed by atoms with Crippen molar-refractivity contribution in [1.82, 2.24) is 4.98 Å². The molecule has 146 valence electrons. The molecule has 1 amide bonds. The standard InChI is InChI=1S/C19H13Cl2F3N2O2/c20-10-5-4-9(8-11(10)21)25-18(27)17-14-7-6-13(28-14)16(17)12-2-1-3-15(26-12)19(22,23)24/h1-5,8,13-14H,6-7H2,(H,25,27). The van der Waals surface area contributed by atoms with Crippen LogP contribution in [0.3, 0.4) is 0 Å². The van der Waals surface area contributed by atoms with Crippen LogP contribution < -0.4 is 5.32 Å². The highest BCUT2D eigenvalue weighted by Gasteiger charge is 2.44. The molecule has 2 aromatic rings. The summed E-state index contributed by atoms with van der Waals surface area (Å²) < 4.78 is 44.9. The number of hydrogen-bond acceptors (Lipinski definition) is 3. The fourth-order valence-electron chi connectivity index (χ4n) is 3.50. The van der Waals surface area contributed by atoms with Gasteiger partial charge in [-0.3, -0.25) is 4.79 Å². The monoisotopic (exact) mass is 428 g/mol. The Morgan fingerprint density at radius 2 is 1.86 bits per heavy atom. The Hall–Kier alpha value is -2.09. The van der Waals surface area contributed by atoms with Crippen LogP contribution in [0, 0.1) is 0 Å². The van der Waals surface area contributed by atoms with E-state index in [9.17, 15) is 18.0 Å². The number of rotatable bonds is 3. The summed E-state index contributed by atoms with van der Waals surface area (Å²) in [5.74, 6) is -0.459. The van der Waals surface area contributed by atoms with Gasteiger partial charge in [0.2, 0.25) is 0 Å². The first-order valence-electron chi connectivity index (χ1n) is 8.44. The highest BCUT2D eigenvalue weighted by Crippen LogP contribution is 2.44. The van der Waals surface area contributed by atoms with Gasteiger partial charge in [0.25, 0.3) is 5.91 Å². The van der Waals surface area contributed by atoms with Crippen molar-refractivity contribution >= 4 is 40.4 Å². The van der Waals surface area contributed by atoms with Gasteiger partial charge in [-0.05, 0) is 43.2 Å². The van der Waals surface area contributed by atoms with Crippen molar-refractivity contribution in [2.24, 2.45) is 0 Å². The smallest absolute Gasteiger partial charge is 0.365 e. The van der Waals surface area contributed by atoms with Gasteiger partial charge in [0.05, 0.1) is 33.5 Å². The van der Waals surface area contributed by atoms with Crippen LogP contribution in [-0.2, 0) is 15.7 Å². The third-order valence-corrected chi connectivity index (χ3v) is 5.43. The van der Waals surface area contributed by atoms with Gasteiger partial charge < -0.3 is 10.1 Å². The zero-order valence-corrected chi connectivity index (χ0v) is 15.7. The van der Waals surface area contributed by atoms with Crippen molar-refractivity contribution in [1.29, 1.82) is 0 Å². The van der Waals surface area contributed by atoms with Crippen molar-refractivity contribution in [3.63, 3.8) is 0 Å². The van der Waals surface area contributed by atoms with E-state index in [0.29, 0.717) is 34.7 Å². The normalized spacial score (nSPS) is 21.3. The minimum Gasteiger partial charge on any atom is -0.365 e. The van der Waals surface area contributed by atoms with Gasteiger partial charge >= 0.3 is 6.18 Å². The minimum absolute atomic E-state index is 0.0984. The quantitative estimate of drug-likeness (QED) is 0.715. The number of nitrogens with one attached hydrogen (secondary N) is 1. The third kappa shape index (κ3) is 3.50. The molecular formula is C19H13Cl2F3N2O2. The topological polar surface area (TPSA) is 51.2 Å². The van der Waals surface area contributed by atoms with Gasteiger partial charge in [0, 0.05) is 11.3 Å². The number of ether oxygens (including phenoxy) is 1. The van der Waals surface area contributed by atoms with Crippen LogP contribution >= 0.6 is 23.2 Å². The van der Waals surface area contributed by atoms with Crippen molar-refractivity contribution in [3.05, 3.63) is 63.4 Å². The number of alkyl halides is 3. The minimum atomic E-state index is -4.57. The van der Waals surface area contributed by atoms with E-state index < -0.39 is 30.0 Å². The molecule has 4 rings (SSSR count). The Morgan fingerprint density at radius 1 is 1.11 bits per heavy atom. The lowest BCUT2D eigenvalue weighted by atomic mass is 9.89. The van der Waals surface area contributed by atoms with Gasteiger partial charge in [-0.25, -0.2) is 4.98 Å². The van der Waals surface area contributed by atoms with E-state index in [-0.39, 0.29) is 10.7 Å². The Kier molecular flexibility index (Phi) is 4.85. The van der Waals surface area contributed by atoms with Gasteiger partial charge in [-0.2, -0.15) is 13.2 Å². The second kappa shape index (κ2) is 7.06. The van der Waals surface area contributed by atoms with E-state index in [1.165, 1.54) is 18.2 Å². The number of nitrogens with zero attached hydrogens (tertiary/aromatic N) is 1. The summed E-state index contributed by atoms with van der Waals surface area (Å²) in [6.07, 6.45) is -4.24. The number of pyridine rings is 1. The molecule has 1 fully saturated rings. The molecule has 1 saturated heterocycles. The SMILES string of the molecule is O=C(Nc1ccc(Cl)c(Cl)c1)C1=C(c2cccc(C(F)(F)F)n2)C2CCC1O2. The molecule has 2 aliphatic heterocycles. The molecule has 3 heterocycles. The molecule has 0 aliphatic carbocycles. The average molecular weight is 429 g/mol. The van der Waals surface area contributed by atoms with E-state index in [2.05, 4.69) is 10.3 Å². The van der Waals surface area contributed by atoms with Crippen LogP contribution in [0.1, 0.15) is 24.2 Å². The first kappa shape index (κ1) is 19.2. The summed E-state index contributed by atoms with van der Waals surface area (Å²) in [7, 11) is 0.